The van der Waals surface area contributed by atoms with Gasteiger partial charge in [-0.3, -0.25) is 9.59 Å². The summed E-state index contributed by atoms with van der Waals surface area (Å²) in [6.45, 7) is 0. The molecule has 0 saturated heterocycles. The normalized spacial score (nSPS) is 15.2. The first kappa shape index (κ1) is 11.7. The second-order valence-electron chi connectivity index (χ2n) is 3.21. The molecule has 0 fully saturated rings. The second kappa shape index (κ2) is 3.91. The number of hydrogen-bond acceptors (Lipinski definition) is 6. The topological polar surface area (TPSA) is 101 Å². The van der Waals surface area contributed by atoms with Gasteiger partial charge in [-0.05, 0) is 12.1 Å². The summed E-state index contributed by atoms with van der Waals surface area (Å²) < 4.78 is 26.2. The molecule has 1 heterocycles. The van der Waals surface area contributed by atoms with Gasteiger partial charge in [-0.15, -0.1) is 9.35 Å². The number of amides is 2. The fraction of sp³-hybridized carbons (Fsp3) is 0.111. The van der Waals surface area contributed by atoms with Gasteiger partial charge in [0.1, 0.15) is 0 Å². The van der Waals surface area contributed by atoms with E-state index in [1.165, 1.54) is 24.3 Å². The van der Waals surface area contributed by atoms with Crippen molar-refractivity contribution in [2.75, 3.05) is 5.94 Å². The first-order valence-electron chi connectivity index (χ1n) is 4.47. The third-order valence-electron chi connectivity index (χ3n) is 2.10. The summed E-state index contributed by atoms with van der Waals surface area (Å²) >= 11 is 0. The van der Waals surface area contributed by atoms with Gasteiger partial charge in [0.2, 0.25) is 0 Å². The summed E-state index contributed by atoms with van der Waals surface area (Å²) in [5, 5.41) is 8.60. The van der Waals surface area contributed by atoms with Crippen molar-refractivity contribution in [3.63, 3.8) is 0 Å². The molecule has 8 heteroatoms. The molecular formula is C9H7NO6S. The van der Waals surface area contributed by atoms with Crippen molar-refractivity contribution < 1.29 is 27.4 Å². The van der Waals surface area contributed by atoms with Crippen LogP contribution in [0.5, 0.6) is 0 Å². The predicted octanol–water partition coefficient (Wildman–Crippen LogP) is -0.506. The van der Waals surface area contributed by atoms with E-state index in [9.17, 15) is 18.0 Å². The Balaban J connectivity index is 2.37. The Morgan fingerprint density at radius 2 is 1.59 bits per heavy atom. The SMILES string of the molecule is O=C1c2ccccc2C(=O)N1OS(=O)(=O)CO. The predicted molar refractivity (Wildman–Crippen MR) is 54.0 cm³/mol. The molecule has 2 rings (SSSR count). The zero-order valence-electron chi connectivity index (χ0n) is 8.36. The van der Waals surface area contributed by atoms with E-state index in [-0.39, 0.29) is 16.2 Å². The van der Waals surface area contributed by atoms with E-state index in [0.717, 1.165) is 0 Å². The number of carbonyl (C=O) groups is 2. The Morgan fingerprint density at radius 1 is 1.12 bits per heavy atom. The molecule has 0 radical (unpaired) electrons. The van der Waals surface area contributed by atoms with Gasteiger partial charge in [-0.2, -0.15) is 8.42 Å². The molecule has 1 N–H and O–H groups in total. The fourth-order valence-electron chi connectivity index (χ4n) is 1.37. The second-order valence-corrected chi connectivity index (χ2v) is 4.73. The number of hydrogen-bond donors (Lipinski definition) is 1. The molecule has 90 valence electrons. The van der Waals surface area contributed by atoms with Crippen molar-refractivity contribution in [2.24, 2.45) is 0 Å². The van der Waals surface area contributed by atoms with Crippen LogP contribution in [-0.4, -0.2) is 36.3 Å². The van der Waals surface area contributed by atoms with Crippen molar-refractivity contribution in [1.29, 1.82) is 0 Å². The Hall–Kier alpha value is -1.77. The number of fused-ring (bicyclic) bond motifs is 1. The van der Waals surface area contributed by atoms with Gasteiger partial charge in [-0.1, -0.05) is 12.1 Å². The molecule has 0 unspecified atom stereocenters. The van der Waals surface area contributed by atoms with Crippen LogP contribution in [0.4, 0.5) is 0 Å². The van der Waals surface area contributed by atoms with E-state index in [4.69, 9.17) is 5.11 Å². The first-order chi connectivity index (χ1) is 7.96. The number of hydroxylamine groups is 2. The average molecular weight is 257 g/mol. The first-order valence-corrected chi connectivity index (χ1v) is 6.05. The summed E-state index contributed by atoms with van der Waals surface area (Å²) in [5.74, 6) is -3.06. The highest BCUT2D eigenvalue weighted by atomic mass is 32.2. The van der Waals surface area contributed by atoms with Crippen LogP contribution in [0.1, 0.15) is 20.7 Å². The minimum Gasteiger partial charge on any atom is -0.378 e. The molecule has 0 atom stereocenters. The van der Waals surface area contributed by atoms with Crippen molar-refractivity contribution in [1.82, 2.24) is 5.06 Å². The summed E-state index contributed by atoms with van der Waals surface area (Å²) in [7, 11) is -4.35. The van der Waals surface area contributed by atoms with Gasteiger partial charge in [-0.25, -0.2) is 0 Å². The van der Waals surface area contributed by atoms with Gasteiger partial charge in [0.15, 0.2) is 5.94 Å². The molecule has 1 aliphatic rings. The zero-order chi connectivity index (χ0) is 12.6. The van der Waals surface area contributed by atoms with Crippen LogP contribution in [0, 0.1) is 0 Å². The van der Waals surface area contributed by atoms with Crippen LogP contribution in [-0.2, 0) is 14.4 Å². The van der Waals surface area contributed by atoms with E-state index >= 15 is 0 Å². The molecule has 0 aliphatic carbocycles. The van der Waals surface area contributed by atoms with Gasteiger partial charge in [0.25, 0.3) is 11.8 Å². The van der Waals surface area contributed by atoms with E-state index < -0.39 is 27.9 Å². The third kappa shape index (κ3) is 1.93. The fourth-order valence-corrected chi connectivity index (χ4v) is 1.78. The standard InChI is InChI=1S/C9H7NO6S/c11-5-17(14,15)16-10-8(12)6-3-1-2-4-7(6)9(10)13/h1-4,11H,5H2. The van der Waals surface area contributed by atoms with Crippen LogP contribution in [0.3, 0.4) is 0 Å². The highest BCUT2D eigenvalue weighted by Crippen LogP contribution is 2.23. The summed E-state index contributed by atoms with van der Waals surface area (Å²) in [5.41, 5.74) is 0.122. The monoisotopic (exact) mass is 257 g/mol. The number of benzene rings is 1. The van der Waals surface area contributed by atoms with Gasteiger partial charge in [0, 0.05) is 0 Å². The Labute approximate surface area is 96.3 Å². The Bertz CT molecular complexity index is 558. The van der Waals surface area contributed by atoms with E-state index in [0.29, 0.717) is 0 Å². The minimum atomic E-state index is -4.35. The zero-order valence-corrected chi connectivity index (χ0v) is 9.18. The summed E-state index contributed by atoms with van der Waals surface area (Å²) in [6.07, 6.45) is 0. The molecular weight excluding hydrogens is 250 g/mol. The molecule has 0 saturated carbocycles. The number of carbonyl (C=O) groups excluding carboxylic acids is 2. The highest BCUT2D eigenvalue weighted by molar-refractivity contribution is 7.86. The van der Waals surface area contributed by atoms with Crippen molar-refractivity contribution >= 4 is 21.9 Å². The van der Waals surface area contributed by atoms with Crippen LogP contribution in [0.25, 0.3) is 0 Å². The Morgan fingerprint density at radius 3 is 2.00 bits per heavy atom. The molecule has 1 aromatic rings. The highest BCUT2D eigenvalue weighted by Gasteiger charge is 2.39. The average Bonchev–Trinajstić information content (AvgIpc) is 2.55. The molecule has 0 bridgehead atoms. The van der Waals surface area contributed by atoms with Crippen LogP contribution in [0.15, 0.2) is 24.3 Å². The van der Waals surface area contributed by atoms with Gasteiger partial charge in [0.05, 0.1) is 11.1 Å². The number of rotatable bonds is 3. The smallest absolute Gasteiger partial charge is 0.312 e. The maximum absolute atomic E-state index is 11.6. The Kier molecular flexibility index (Phi) is 2.69. The van der Waals surface area contributed by atoms with Gasteiger partial charge < -0.3 is 5.11 Å². The number of aliphatic hydroxyl groups is 1. The lowest BCUT2D eigenvalue weighted by atomic mass is 10.1. The molecule has 7 nitrogen and oxygen atoms in total. The van der Waals surface area contributed by atoms with Crippen LogP contribution < -0.4 is 0 Å². The summed E-state index contributed by atoms with van der Waals surface area (Å²) in [6, 6.07) is 5.83. The lowest BCUT2D eigenvalue weighted by molar-refractivity contribution is -0.0117. The van der Waals surface area contributed by atoms with Crippen LogP contribution >= 0.6 is 0 Å². The minimum absolute atomic E-state index is 0.0608. The van der Waals surface area contributed by atoms with Crippen LogP contribution in [0.2, 0.25) is 0 Å². The third-order valence-corrected chi connectivity index (χ3v) is 2.80. The number of aliphatic hydroxyl groups excluding tert-OH is 1. The van der Waals surface area contributed by atoms with Crippen molar-refractivity contribution in [3.05, 3.63) is 35.4 Å². The van der Waals surface area contributed by atoms with E-state index in [2.05, 4.69) is 4.28 Å². The van der Waals surface area contributed by atoms with E-state index in [1.54, 1.807) is 0 Å². The molecule has 1 aliphatic heterocycles. The maximum atomic E-state index is 11.6. The number of imide groups is 1. The van der Waals surface area contributed by atoms with Gasteiger partial charge >= 0.3 is 10.1 Å². The van der Waals surface area contributed by atoms with E-state index in [1.807, 2.05) is 0 Å². The number of nitrogens with zero attached hydrogens (tertiary/aromatic N) is 1. The molecule has 17 heavy (non-hydrogen) atoms. The molecule has 0 aromatic heterocycles. The maximum Gasteiger partial charge on any atom is 0.312 e. The summed E-state index contributed by atoms with van der Waals surface area (Å²) in [4.78, 5) is 23.3. The molecule has 1 aromatic carbocycles. The largest absolute Gasteiger partial charge is 0.378 e. The lowest BCUT2D eigenvalue weighted by Gasteiger charge is -2.11. The van der Waals surface area contributed by atoms with Crippen molar-refractivity contribution in [2.45, 2.75) is 0 Å². The quantitative estimate of drug-likeness (QED) is 0.732. The molecule has 2 amide bonds. The lowest BCUT2D eigenvalue weighted by Crippen LogP contribution is -2.33. The van der Waals surface area contributed by atoms with Crippen molar-refractivity contribution in [3.8, 4) is 0 Å². The molecule has 0 spiro atoms.